The number of nitro benzene ring substituents is 1. The van der Waals surface area contributed by atoms with Gasteiger partial charge < -0.3 is 5.32 Å². The molecule has 1 aromatic carbocycles. The maximum absolute atomic E-state index is 11.2. The van der Waals surface area contributed by atoms with Crippen molar-refractivity contribution >= 4 is 22.2 Å². The van der Waals surface area contributed by atoms with Gasteiger partial charge in [0.05, 0.1) is 4.92 Å². The molecule has 0 aromatic heterocycles. The lowest BCUT2D eigenvalue weighted by molar-refractivity contribution is -0.384. The molecule has 0 saturated carbocycles. The molecule has 1 aromatic rings. The molecular weight excluding hydrogens is 240 g/mol. The van der Waals surface area contributed by atoms with Gasteiger partial charge in [0.15, 0.2) is 0 Å². The molecule has 0 aliphatic rings. The van der Waals surface area contributed by atoms with E-state index in [1.54, 1.807) is 18.4 Å². The van der Waals surface area contributed by atoms with Crippen molar-refractivity contribution in [3.05, 3.63) is 33.9 Å². The predicted octanol–water partition coefficient (Wildman–Crippen LogP) is 2.08. The summed E-state index contributed by atoms with van der Waals surface area (Å²) >= 11 is 0. The number of aryl methyl sites for hydroxylation is 1. The third-order valence-electron chi connectivity index (χ3n) is 2.50. The van der Waals surface area contributed by atoms with E-state index < -0.39 is 15.7 Å². The minimum Gasteiger partial charge on any atom is -0.378 e. The summed E-state index contributed by atoms with van der Waals surface area (Å²) in [5, 5.41) is 13.8. The highest BCUT2D eigenvalue weighted by Gasteiger charge is 2.14. The molecule has 0 radical (unpaired) electrons. The molecule has 2 atom stereocenters. The fourth-order valence-electron chi connectivity index (χ4n) is 1.32. The van der Waals surface area contributed by atoms with Gasteiger partial charge >= 0.3 is 0 Å². The van der Waals surface area contributed by atoms with E-state index >= 15 is 0 Å². The first-order valence-corrected chi connectivity index (χ1v) is 6.85. The average Bonchev–Trinajstić information content (AvgIpc) is 2.25. The zero-order chi connectivity index (χ0) is 13.0. The van der Waals surface area contributed by atoms with Crippen LogP contribution in [0.4, 0.5) is 11.4 Å². The Morgan fingerprint density at radius 1 is 1.53 bits per heavy atom. The quantitative estimate of drug-likeness (QED) is 0.646. The number of rotatable bonds is 5. The van der Waals surface area contributed by atoms with Crippen molar-refractivity contribution in [3.63, 3.8) is 0 Å². The van der Waals surface area contributed by atoms with E-state index in [2.05, 4.69) is 5.32 Å². The lowest BCUT2D eigenvalue weighted by Gasteiger charge is -2.11. The topological polar surface area (TPSA) is 72.2 Å². The minimum absolute atomic E-state index is 0.0460. The van der Waals surface area contributed by atoms with Gasteiger partial charge in [-0.2, -0.15) is 0 Å². The monoisotopic (exact) mass is 256 g/mol. The largest absolute Gasteiger partial charge is 0.378 e. The first kappa shape index (κ1) is 13.6. The Kier molecular flexibility index (Phi) is 4.62. The van der Waals surface area contributed by atoms with Gasteiger partial charge in [0, 0.05) is 34.9 Å². The second-order valence-electron chi connectivity index (χ2n) is 3.97. The Morgan fingerprint density at radius 3 is 2.71 bits per heavy atom. The van der Waals surface area contributed by atoms with Gasteiger partial charge in [-0.1, -0.05) is 6.07 Å². The summed E-state index contributed by atoms with van der Waals surface area (Å²) in [4.78, 5) is 10.4. The summed E-state index contributed by atoms with van der Waals surface area (Å²) in [7, 11) is -0.939. The molecule has 0 amide bonds. The number of nitrogens with one attached hydrogen (secondary N) is 1. The lowest BCUT2D eigenvalue weighted by atomic mass is 10.2. The first-order chi connectivity index (χ1) is 7.91. The van der Waals surface area contributed by atoms with Crippen LogP contribution in [0.5, 0.6) is 0 Å². The zero-order valence-electron chi connectivity index (χ0n) is 10.1. The highest BCUT2D eigenvalue weighted by atomic mass is 32.2. The summed E-state index contributed by atoms with van der Waals surface area (Å²) in [6.07, 6.45) is 1.62. The van der Waals surface area contributed by atoms with E-state index in [9.17, 15) is 14.3 Å². The van der Waals surface area contributed by atoms with Gasteiger partial charge in [0.25, 0.3) is 5.69 Å². The number of nitro groups is 1. The van der Waals surface area contributed by atoms with Gasteiger partial charge in [-0.05, 0) is 25.5 Å². The van der Waals surface area contributed by atoms with Crippen molar-refractivity contribution in [2.45, 2.75) is 19.1 Å². The molecule has 0 spiro atoms. The van der Waals surface area contributed by atoms with Crippen molar-refractivity contribution in [1.29, 1.82) is 0 Å². The molecule has 1 rings (SSSR count). The molecule has 2 unspecified atom stereocenters. The Hall–Kier alpha value is -1.43. The third-order valence-corrected chi connectivity index (χ3v) is 3.80. The van der Waals surface area contributed by atoms with Gasteiger partial charge in [-0.15, -0.1) is 0 Å². The molecule has 94 valence electrons. The standard InChI is InChI=1S/C11H16N2O3S/c1-8-4-5-11(13(14)15)10(6-8)12-7-9(2)17(3)16/h4-6,9,12H,7H2,1-3H3. The number of benzene rings is 1. The number of anilines is 1. The van der Waals surface area contributed by atoms with Crippen LogP contribution in [0.1, 0.15) is 12.5 Å². The average molecular weight is 256 g/mol. The Morgan fingerprint density at radius 2 is 2.18 bits per heavy atom. The highest BCUT2D eigenvalue weighted by molar-refractivity contribution is 7.84. The second kappa shape index (κ2) is 5.77. The van der Waals surface area contributed by atoms with E-state index in [0.29, 0.717) is 12.2 Å². The smallest absolute Gasteiger partial charge is 0.292 e. The van der Waals surface area contributed by atoms with E-state index in [4.69, 9.17) is 0 Å². The van der Waals surface area contributed by atoms with Gasteiger partial charge in [-0.25, -0.2) is 0 Å². The number of hydrogen-bond donors (Lipinski definition) is 1. The molecule has 0 saturated heterocycles. The Balaban J connectivity index is 2.85. The highest BCUT2D eigenvalue weighted by Crippen LogP contribution is 2.25. The SMILES string of the molecule is Cc1ccc([N+](=O)[O-])c(NCC(C)S(C)=O)c1. The van der Waals surface area contributed by atoms with Crippen LogP contribution >= 0.6 is 0 Å². The van der Waals surface area contributed by atoms with Gasteiger partial charge in [0.2, 0.25) is 0 Å². The summed E-state index contributed by atoms with van der Waals surface area (Å²) in [6.45, 7) is 4.16. The normalized spacial score (nSPS) is 14.1. The molecular formula is C11H16N2O3S. The van der Waals surface area contributed by atoms with E-state index in [1.807, 2.05) is 13.8 Å². The summed E-state index contributed by atoms with van der Waals surface area (Å²) in [5.74, 6) is 0. The zero-order valence-corrected chi connectivity index (χ0v) is 10.9. The number of nitrogens with zero attached hydrogens (tertiary/aromatic N) is 1. The molecule has 6 heteroatoms. The molecule has 0 bridgehead atoms. The molecule has 5 nitrogen and oxygen atoms in total. The van der Waals surface area contributed by atoms with Crippen LogP contribution in [0.2, 0.25) is 0 Å². The van der Waals surface area contributed by atoms with Crippen molar-refractivity contribution < 1.29 is 9.13 Å². The van der Waals surface area contributed by atoms with Crippen molar-refractivity contribution in [3.8, 4) is 0 Å². The lowest BCUT2D eigenvalue weighted by Crippen LogP contribution is -2.21. The summed E-state index contributed by atoms with van der Waals surface area (Å²) in [5.41, 5.74) is 1.47. The van der Waals surface area contributed by atoms with Crippen LogP contribution in [0.25, 0.3) is 0 Å². The molecule has 17 heavy (non-hydrogen) atoms. The first-order valence-electron chi connectivity index (χ1n) is 5.23. The van der Waals surface area contributed by atoms with Crippen LogP contribution < -0.4 is 5.32 Å². The third kappa shape index (κ3) is 3.81. The molecule has 1 N–H and O–H groups in total. The van der Waals surface area contributed by atoms with Gasteiger partial charge in [-0.3, -0.25) is 14.3 Å². The Labute approximate surface area is 103 Å². The summed E-state index contributed by atoms with van der Waals surface area (Å²) in [6, 6.07) is 4.90. The molecule has 0 fully saturated rings. The van der Waals surface area contributed by atoms with E-state index in [0.717, 1.165) is 5.56 Å². The van der Waals surface area contributed by atoms with Crippen molar-refractivity contribution in [1.82, 2.24) is 0 Å². The predicted molar refractivity (Wildman–Crippen MR) is 69.9 cm³/mol. The maximum Gasteiger partial charge on any atom is 0.292 e. The van der Waals surface area contributed by atoms with Crippen LogP contribution in [0.3, 0.4) is 0 Å². The van der Waals surface area contributed by atoms with Crippen LogP contribution in [-0.4, -0.2) is 27.2 Å². The Bertz CT molecular complexity index is 448. The molecule has 0 heterocycles. The minimum atomic E-state index is -0.939. The van der Waals surface area contributed by atoms with Crippen LogP contribution in [0.15, 0.2) is 18.2 Å². The van der Waals surface area contributed by atoms with E-state index in [1.165, 1.54) is 6.07 Å². The summed E-state index contributed by atoms with van der Waals surface area (Å²) < 4.78 is 11.2. The second-order valence-corrected chi connectivity index (χ2v) is 5.77. The van der Waals surface area contributed by atoms with Crippen LogP contribution in [-0.2, 0) is 10.8 Å². The fraction of sp³-hybridized carbons (Fsp3) is 0.455. The maximum atomic E-state index is 11.2. The fourth-order valence-corrected chi connectivity index (χ4v) is 1.64. The number of hydrogen-bond acceptors (Lipinski definition) is 4. The molecule has 0 aliphatic carbocycles. The molecule has 0 aliphatic heterocycles. The van der Waals surface area contributed by atoms with Crippen molar-refractivity contribution in [2.75, 3.05) is 18.1 Å². The van der Waals surface area contributed by atoms with Crippen LogP contribution in [0, 0.1) is 17.0 Å². The van der Waals surface area contributed by atoms with Gasteiger partial charge in [0.1, 0.15) is 5.69 Å². The van der Waals surface area contributed by atoms with E-state index in [-0.39, 0.29) is 10.9 Å². The van der Waals surface area contributed by atoms with Crippen molar-refractivity contribution in [2.24, 2.45) is 0 Å².